The lowest BCUT2D eigenvalue weighted by atomic mass is 10.3. The smallest absolute Gasteiger partial charge is 0.350 e. The average Bonchev–Trinajstić information content (AvgIpc) is 2.60. The van der Waals surface area contributed by atoms with Crippen LogP contribution in [-0.4, -0.2) is 31.2 Å². The Morgan fingerprint density at radius 1 is 1.20 bits per heavy atom. The zero-order valence-corrected chi connectivity index (χ0v) is 14.4. The number of carbonyl (C=O) groups excluding carboxylic acids is 2. The molecule has 25 heavy (non-hydrogen) atoms. The molecule has 0 heterocycles. The van der Waals surface area contributed by atoms with Crippen LogP contribution in [0.25, 0.3) is 0 Å². The van der Waals surface area contributed by atoms with Crippen LogP contribution in [0.5, 0.6) is 11.5 Å². The Balaban J connectivity index is 2.51. The fourth-order valence-corrected chi connectivity index (χ4v) is 1.67. The number of nitriles is 1. The van der Waals surface area contributed by atoms with Gasteiger partial charge < -0.3 is 19.6 Å². The van der Waals surface area contributed by atoms with Gasteiger partial charge in [0, 0.05) is 6.20 Å². The Labute approximate surface area is 146 Å². The summed E-state index contributed by atoms with van der Waals surface area (Å²) in [5, 5.41) is 8.85. The van der Waals surface area contributed by atoms with Gasteiger partial charge in [-0.25, -0.2) is 4.79 Å². The standard InChI is InChI=1S/C17H21N3O5/c1-4-23-14-6-8-15(9-7-14)25-12(3)16(21)20-19-11-13(10-18)17(22)24-5-2/h6-9,11-12,19H,4-5H2,1-3H3,(H,20,21)/b13-11+/t12-/m0/s1. The van der Waals surface area contributed by atoms with Crippen LogP contribution < -0.4 is 20.3 Å². The Morgan fingerprint density at radius 3 is 2.40 bits per heavy atom. The monoisotopic (exact) mass is 347 g/mol. The van der Waals surface area contributed by atoms with Gasteiger partial charge in [0.15, 0.2) is 11.7 Å². The molecule has 2 N–H and O–H groups in total. The quantitative estimate of drug-likeness (QED) is 0.301. The summed E-state index contributed by atoms with van der Waals surface area (Å²) in [6, 6.07) is 8.54. The molecule has 1 amide bonds. The lowest BCUT2D eigenvalue weighted by Crippen LogP contribution is -2.42. The molecule has 0 bridgehead atoms. The predicted octanol–water partition coefficient (Wildman–Crippen LogP) is 1.44. The molecule has 0 saturated carbocycles. The molecule has 1 atom stereocenters. The van der Waals surface area contributed by atoms with Crippen molar-refractivity contribution in [1.29, 1.82) is 5.26 Å². The third-order valence-corrected chi connectivity index (χ3v) is 2.84. The highest BCUT2D eigenvalue weighted by Crippen LogP contribution is 2.18. The molecule has 0 unspecified atom stereocenters. The summed E-state index contributed by atoms with van der Waals surface area (Å²) in [5.41, 5.74) is 4.44. The van der Waals surface area contributed by atoms with Gasteiger partial charge >= 0.3 is 5.97 Å². The summed E-state index contributed by atoms with van der Waals surface area (Å²) in [6.07, 6.45) is 0.256. The molecular formula is C17H21N3O5. The van der Waals surface area contributed by atoms with Crippen molar-refractivity contribution in [2.75, 3.05) is 13.2 Å². The summed E-state index contributed by atoms with van der Waals surface area (Å²) in [4.78, 5) is 23.3. The minimum absolute atomic E-state index is 0.150. The van der Waals surface area contributed by atoms with E-state index in [1.165, 1.54) is 0 Å². The Morgan fingerprint density at radius 2 is 1.84 bits per heavy atom. The summed E-state index contributed by atoms with van der Waals surface area (Å²) in [7, 11) is 0. The van der Waals surface area contributed by atoms with Crippen molar-refractivity contribution in [2.24, 2.45) is 0 Å². The van der Waals surface area contributed by atoms with E-state index in [9.17, 15) is 9.59 Å². The molecule has 0 fully saturated rings. The van der Waals surface area contributed by atoms with Crippen LogP contribution in [0.3, 0.4) is 0 Å². The highest BCUT2D eigenvalue weighted by Gasteiger charge is 2.15. The van der Waals surface area contributed by atoms with Gasteiger partial charge in [0.1, 0.15) is 17.6 Å². The zero-order chi connectivity index (χ0) is 18.7. The number of carbonyl (C=O) groups is 2. The largest absolute Gasteiger partial charge is 0.494 e. The number of benzene rings is 1. The first-order valence-corrected chi connectivity index (χ1v) is 7.74. The van der Waals surface area contributed by atoms with Crippen molar-refractivity contribution in [1.82, 2.24) is 10.9 Å². The maximum Gasteiger partial charge on any atom is 0.350 e. The summed E-state index contributed by atoms with van der Waals surface area (Å²) >= 11 is 0. The molecule has 8 nitrogen and oxygen atoms in total. The number of hydrogen-bond acceptors (Lipinski definition) is 7. The SMILES string of the molecule is CCOC(=O)/C(C#N)=C/NNC(=O)[C@H](C)Oc1ccc(OCC)cc1. The predicted molar refractivity (Wildman–Crippen MR) is 89.3 cm³/mol. The van der Waals surface area contributed by atoms with Crippen LogP contribution in [0, 0.1) is 11.3 Å². The van der Waals surface area contributed by atoms with Crippen LogP contribution in [0.15, 0.2) is 36.0 Å². The molecule has 8 heteroatoms. The first kappa shape index (κ1) is 19.8. The van der Waals surface area contributed by atoms with Crippen molar-refractivity contribution in [2.45, 2.75) is 26.9 Å². The molecule has 0 spiro atoms. The number of hydrogen-bond donors (Lipinski definition) is 2. The van der Waals surface area contributed by atoms with E-state index >= 15 is 0 Å². The van der Waals surface area contributed by atoms with Gasteiger partial charge in [-0.05, 0) is 45.0 Å². The summed E-state index contributed by atoms with van der Waals surface area (Å²) < 4.78 is 15.5. The van der Waals surface area contributed by atoms with Gasteiger partial charge in [0.2, 0.25) is 0 Å². The molecule has 0 aromatic heterocycles. The van der Waals surface area contributed by atoms with E-state index in [1.54, 1.807) is 44.2 Å². The van der Waals surface area contributed by atoms with E-state index in [1.807, 2.05) is 6.92 Å². The molecule has 1 rings (SSSR count). The first-order chi connectivity index (χ1) is 12.0. The van der Waals surface area contributed by atoms with Crippen molar-refractivity contribution in [3.63, 3.8) is 0 Å². The van der Waals surface area contributed by atoms with Gasteiger partial charge in [-0.3, -0.25) is 10.2 Å². The minimum Gasteiger partial charge on any atom is -0.494 e. The second kappa shape index (κ2) is 10.5. The van der Waals surface area contributed by atoms with Crippen LogP contribution in [0.2, 0.25) is 0 Å². The molecule has 0 aliphatic rings. The lowest BCUT2D eigenvalue weighted by molar-refractivity contribution is -0.138. The van der Waals surface area contributed by atoms with Gasteiger partial charge in [-0.15, -0.1) is 0 Å². The number of hydrazine groups is 1. The molecule has 0 aliphatic carbocycles. The third kappa shape index (κ3) is 6.83. The molecule has 1 aromatic carbocycles. The van der Waals surface area contributed by atoms with Crippen molar-refractivity contribution < 1.29 is 23.8 Å². The lowest BCUT2D eigenvalue weighted by Gasteiger charge is -2.15. The number of esters is 1. The molecule has 0 aliphatic heterocycles. The Bertz CT molecular complexity index is 649. The number of nitrogens with one attached hydrogen (secondary N) is 2. The van der Waals surface area contributed by atoms with Crippen LogP contribution in [0.4, 0.5) is 0 Å². The van der Waals surface area contributed by atoms with Crippen molar-refractivity contribution in [3.8, 4) is 17.6 Å². The van der Waals surface area contributed by atoms with E-state index in [2.05, 4.69) is 15.6 Å². The van der Waals surface area contributed by atoms with E-state index < -0.39 is 18.0 Å². The van der Waals surface area contributed by atoms with Gasteiger partial charge in [-0.1, -0.05) is 0 Å². The fraction of sp³-hybridized carbons (Fsp3) is 0.353. The molecule has 0 saturated heterocycles. The minimum atomic E-state index is -0.799. The highest BCUT2D eigenvalue weighted by molar-refractivity contribution is 5.92. The maximum absolute atomic E-state index is 11.9. The number of nitrogens with zero attached hydrogens (tertiary/aromatic N) is 1. The molecular weight excluding hydrogens is 326 g/mol. The van der Waals surface area contributed by atoms with Crippen LogP contribution in [-0.2, 0) is 14.3 Å². The average molecular weight is 347 g/mol. The van der Waals surface area contributed by atoms with E-state index in [0.29, 0.717) is 18.1 Å². The normalized spacial score (nSPS) is 11.7. The first-order valence-electron chi connectivity index (χ1n) is 7.74. The third-order valence-electron chi connectivity index (χ3n) is 2.84. The van der Waals surface area contributed by atoms with Gasteiger partial charge in [-0.2, -0.15) is 5.26 Å². The van der Waals surface area contributed by atoms with Crippen LogP contribution >= 0.6 is 0 Å². The Kier molecular flexibility index (Phi) is 8.37. The fourth-order valence-electron chi connectivity index (χ4n) is 1.67. The number of rotatable bonds is 9. The maximum atomic E-state index is 11.9. The number of ether oxygens (including phenoxy) is 3. The van der Waals surface area contributed by atoms with E-state index in [4.69, 9.17) is 14.7 Å². The second-order valence-corrected chi connectivity index (χ2v) is 4.69. The zero-order valence-electron chi connectivity index (χ0n) is 14.4. The van der Waals surface area contributed by atoms with Crippen molar-refractivity contribution >= 4 is 11.9 Å². The van der Waals surface area contributed by atoms with Gasteiger partial charge in [0.05, 0.1) is 13.2 Å². The van der Waals surface area contributed by atoms with Crippen molar-refractivity contribution in [3.05, 3.63) is 36.0 Å². The Hall–Kier alpha value is -3.21. The van der Waals surface area contributed by atoms with Gasteiger partial charge in [0.25, 0.3) is 5.91 Å². The molecule has 134 valence electrons. The summed E-state index contributed by atoms with van der Waals surface area (Å²) in [6.45, 7) is 5.79. The van der Waals surface area contributed by atoms with E-state index in [0.717, 1.165) is 6.20 Å². The second-order valence-electron chi connectivity index (χ2n) is 4.69. The molecule has 0 radical (unpaired) electrons. The van der Waals surface area contributed by atoms with E-state index in [-0.39, 0.29) is 12.2 Å². The molecule has 1 aromatic rings. The topological polar surface area (TPSA) is 110 Å². The number of amides is 1. The summed E-state index contributed by atoms with van der Waals surface area (Å²) in [5.74, 6) is -0.0376. The van der Waals surface area contributed by atoms with Crippen LogP contribution in [0.1, 0.15) is 20.8 Å². The highest BCUT2D eigenvalue weighted by atomic mass is 16.5.